The number of ether oxygens (including phenoxy) is 2. The van der Waals surface area contributed by atoms with Crippen molar-refractivity contribution in [2.75, 3.05) is 13.2 Å². The molecule has 0 saturated carbocycles. The van der Waals surface area contributed by atoms with Crippen LogP contribution < -0.4 is 20.2 Å². The molecule has 2 aromatic carbocycles. The van der Waals surface area contributed by atoms with Gasteiger partial charge in [-0.15, -0.1) is 0 Å². The van der Waals surface area contributed by atoms with Crippen molar-refractivity contribution in [2.45, 2.75) is 52.5 Å². The number of rotatable bonds is 13. The Morgan fingerprint density at radius 3 is 2.27 bits per heavy atom. The first kappa shape index (κ1) is 23.7. The molecule has 0 aliphatic carbocycles. The van der Waals surface area contributed by atoms with Gasteiger partial charge in [0.2, 0.25) is 0 Å². The van der Waals surface area contributed by atoms with Crippen molar-refractivity contribution in [2.24, 2.45) is 5.10 Å². The Hall–Kier alpha value is -2.60. The van der Waals surface area contributed by atoms with E-state index in [4.69, 9.17) is 21.7 Å². The zero-order valence-corrected chi connectivity index (χ0v) is 18.8. The van der Waals surface area contributed by atoms with E-state index in [0.29, 0.717) is 18.3 Å². The van der Waals surface area contributed by atoms with Gasteiger partial charge in [-0.1, -0.05) is 44.7 Å². The molecule has 6 heteroatoms. The maximum Gasteiger partial charge on any atom is 0.187 e. The minimum atomic E-state index is 0.475. The van der Waals surface area contributed by atoms with Crippen molar-refractivity contribution >= 4 is 23.5 Å². The van der Waals surface area contributed by atoms with E-state index in [1.54, 1.807) is 6.21 Å². The van der Waals surface area contributed by atoms with Crippen LogP contribution in [-0.2, 0) is 6.54 Å². The molecule has 0 aliphatic heterocycles. The van der Waals surface area contributed by atoms with E-state index in [0.717, 1.165) is 35.7 Å². The van der Waals surface area contributed by atoms with E-state index in [-0.39, 0.29) is 0 Å². The Balaban J connectivity index is 1.64. The van der Waals surface area contributed by atoms with Gasteiger partial charge in [0.25, 0.3) is 0 Å². The number of hydrogen-bond acceptors (Lipinski definition) is 4. The Bertz CT molecular complexity index is 761. The van der Waals surface area contributed by atoms with E-state index < -0.39 is 0 Å². The van der Waals surface area contributed by atoms with Crippen LogP contribution in [0.2, 0.25) is 0 Å². The smallest absolute Gasteiger partial charge is 0.187 e. The highest BCUT2D eigenvalue weighted by molar-refractivity contribution is 7.80. The quantitative estimate of drug-likeness (QED) is 0.193. The SMILES string of the molecule is CCCCCCCOc1ccc(/C=N\NC(=S)NCc2ccc(OCC)cc2)cc1. The van der Waals surface area contributed by atoms with Gasteiger partial charge in [0, 0.05) is 6.54 Å². The summed E-state index contributed by atoms with van der Waals surface area (Å²) in [5, 5.41) is 7.79. The fraction of sp³-hybridized carbons (Fsp3) is 0.417. The monoisotopic (exact) mass is 427 g/mol. The lowest BCUT2D eigenvalue weighted by molar-refractivity contribution is 0.304. The zero-order chi connectivity index (χ0) is 21.4. The third kappa shape index (κ3) is 9.74. The fourth-order valence-corrected chi connectivity index (χ4v) is 2.93. The number of hydrazone groups is 1. The van der Waals surface area contributed by atoms with Crippen LogP contribution >= 0.6 is 12.2 Å². The molecule has 5 nitrogen and oxygen atoms in total. The highest BCUT2D eigenvalue weighted by Crippen LogP contribution is 2.13. The van der Waals surface area contributed by atoms with Crippen LogP contribution in [-0.4, -0.2) is 24.5 Å². The highest BCUT2D eigenvalue weighted by Gasteiger charge is 1.98. The molecule has 2 N–H and O–H groups in total. The molecule has 0 spiro atoms. The van der Waals surface area contributed by atoms with Crippen LogP contribution in [0.1, 0.15) is 57.1 Å². The Morgan fingerprint density at radius 1 is 0.900 bits per heavy atom. The maximum atomic E-state index is 5.78. The number of nitrogens with zero attached hydrogens (tertiary/aromatic N) is 1. The average Bonchev–Trinajstić information content (AvgIpc) is 2.77. The summed E-state index contributed by atoms with van der Waals surface area (Å²) in [7, 11) is 0. The summed E-state index contributed by atoms with van der Waals surface area (Å²) in [6.45, 7) is 6.26. The predicted octanol–water partition coefficient (Wildman–Crippen LogP) is 5.43. The highest BCUT2D eigenvalue weighted by atomic mass is 32.1. The Morgan fingerprint density at radius 2 is 1.57 bits per heavy atom. The standard InChI is InChI=1S/C24H33N3O2S/c1-3-5-6-7-8-17-29-23-15-11-21(12-16-23)19-26-27-24(30)25-18-20-9-13-22(14-10-20)28-4-2/h9-16,19H,3-8,17-18H2,1-2H3,(H2,25,27,30)/b26-19-. The van der Waals surface area contributed by atoms with Gasteiger partial charge >= 0.3 is 0 Å². The Labute approximate surface area is 185 Å². The lowest BCUT2D eigenvalue weighted by Crippen LogP contribution is -2.31. The fourth-order valence-electron chi connectivity index (χ4n) is 2.80. The summed E-state index contributed by atoms with van der Waals surface area (Å²) in [6.07, 6.45) is 7.94. The van der Waals surface area contributed by atoms with Crippen molar-refractivity contribution in [3.63, 3.8) is 0 Å². The third-order valence-electron chi connectivity index (χ3n) is 4.46. The van der Waals surface area contributed by atoms with Crippen molar-refractivity contribution in [3.8, 4) is 11.5 Å². The second-order valence-electron chi connectivity index (χ2n) is 6.96. The molecule has 0 saturated heterocycles. The zero-order valence-electron chi connectivity index (χ0n) is 18.0. The predicted molar refractivity (Wildman–Crippen MR) is 128 cm³/mol. The average molecular weight is 428 g/mol. The first-order valence-electron chi connectivity index (χ1n) is 10.7. The first-order valence-corrected chi connectivity index (χ1v) is 11.1. The molecule has 162 valence electrons. The normalized spacial score (nSPS) is 10.7. The van der Waals surface area contributed by atoms with Gasteiger partial charge in [0.15, 0.2) is 5.11 Å². The Kier molecular flexibility index (Phi) is 11.4. The molecule has 0 fully saturated rings. The summed E-state index contributed by atoms with van der Waals surface area (Å²) in [6, 6.07) is 15.8. The molecule has 0 aliphatic rings. The van der Waals surface area contributed by atoms with Gasteiger partial charge < -0.3 is 14.8 Å². The summed E-state index contributed by atoms with van der Waals surface area (Å²) >= 11 is 5.26. The second kappa shape index (κ2) is 14.4. The van der Waals surface area contributed by atoms with Crippen molar-refractivity contribution in [1.29, 1.82) is 0 Å². The number of hydrogen-bond donors (Lipinski definition) is 2. The van der Waals surface area contributed by atoms with Crippen LogP contribution in [0.15, 0.2) is 53.6 Å². The topological polar surface area (TPSA) is 54.9 Å². The number of benzene rings is 2. The molecule has 2 aromatic rings. The number of thiocarbonyl (C=S) groups is 1. The number of unbranched alkanes of at least 4 members (excludes halogenated alkanes) is 4. The molecule has 0 heterocycles. The molecule has 0 bridgehead atoms. The van der Waals surface area contributed by atoms with Gasteiger partial charge in [0.05, 0.1) is 19.4 Å². The molecule has 0 atom stereocenters. The second-order valence-corrected chi connectivity index (χ2v) is 7.37. The van der Waals surface area contributed by atoms with Crippen LogP contribution in [0.5, 0.6) is 11.5 Å². The van der Waals surface area contributed by atoms with Crippen molar-refractivity contribution < 1.29 is 9.47 Å². The van der Waals surface area contributed by atoms with Crippen LogP contribution in [0.4, 0.5) is 0 Å². The van der Waals surface area contributed by atoms with Crippen molar-refractivity contribution in [1.82, 2.24) is 10.7 Å². The maximum absolute atomic E-state index is 5.78. The minimum Gasteiger partial charge on any atom is -0.494 e. The lowest BCUT2D eigenvalue weighted by Gasteiger charge is -2.08. The van der Waals surface area contributed by atoms with Gasteiger partial charge in [-0.3, -0.25) is 5.43 Å². The largest absolute Gasteiger partial charge is 0.494 e. The molecule has 0 aromatic heterocycles. The summed E-state index contributed by atoms with van der Waals surface area (Å²) in [4.78, 5) is 0. The van der Waals surface area contributed by atoms with Crippen molar-refractivity contribution in [3.05, 3.63) is 59.7 Å². The molecule has 0 radical (unpaired) electrons. The van der Waals surface area contributed by atoms with E-state index >= 15 is 0 Å². The minimum absolute atomic E-state index is 0.475. The van der Waals surface area contributed by atoms with Crippen LogP contribution in [0.25, 0.3) is 0 Å². The molecular weight excluding hydrogens is 394 g/mol. The van der Waals surface area contributed by atoms with E-state index in [2.05, 4.69) is 22.8 Å². The van der Waals surface area contributed by atoms with E-state index in [9.17, 15) is 0 Å². The van der Waals surface area contributed by atoms with Crippen LogP contribution in [0.3, 0.4) is 0 Å². The van der Waals surface area contributed by atoms with Gasteiger partial charge in [-0.2, -0.15) is 5.10 Å². The van der Waals surface area contributed by atoms with Gasteiger partial charge in [0.1, 0.15) is 11.5 Å². The third-order valence-corrected chi connectivity index (χ3v) is 4.70. The van der Waals surface area contributed by atoms with E-state index in [1.165, 1.54) is 25.7 Å². The molecular formula is C24H33N3O2S. The first-order chi connectivity index (χ1) is 14.7. The van der Waals surface area contributed by atoms with E-state index in [1.807, 2.05) is 55.5 Å². The summed E-state index contributed by atoms with van der Waals surface area (Å²) < 4.78 is 11.2. The molecule has 2 rings (SSSR count). The lowest BCUT2D eigenvalue weighted by atomic mass is 10.2. The molecule has 0 amide bonds. The van der Waals surface area contributed by atoms with Gasteiger partial charge in [-0.05, 0) is 73.1 Å². The summed E-state index contributed by atoms with van der Waals surface area (Å²) in [5.74, 6) is 1.76. The number of nitrogens with one attached hydrogen (secondary N) is 2. The molecule has 30 heavy (non-hydrogen) atoms. The molecule has 0 unspecified atom stereocenters. The van der Waals surface area contributed by atoms with Gasteiger partial charge in [-0.25, -0.2) is 0 Å². The van der Waals surface area contributed by atoms with Crippen LogP contribution in [0, 0.1) is 0 Å². The summed E-state index contributed by atoms with van der Waals surface area (Å²) in [5.41, 5.74) is 4.94.